The number of anilines is 2. The molecule has 0 bridgehead atoms. The van der Waals surface area contributed by atoms with Crippen LogP contribution in [0.3, 0.4) is 0 Å². The van der Waals surface area contributed by atoms with E-state index >= 15 is 0 Å². The average Bonchev–Trinajstić information content (AvgIpc) is 2.79. The molecular formula is C31H31N. The highest BCUT2D eigenvalue weighted by Crippen LogP contribution is 2.52. The second-order valence-electron chi connectivity index (χ2n) is 10.3. The maximum atomic E-state index is 2.54. The smallest absolute Gasteiger partial charge is 0.0463 e. The van der Waals surface area contributed by atoms with E-state index in [1.165, 1.54) is 44.8 Å². The molecule has 0 aromatic heterocycles. The molecule has 4 aromatic rings. The van der Waals surface area contributed by atoms with Gasteiger partial charge < -0.3 is 4.90 Å². The van der Waals surface area contributed by atoms with Crippen LogP contribution in [0.25, 0.3) is 22.3 Å². The minimum atomic E-state index is -0.0726. The van der Waals surface area contributed by atoms with Gasteiger partial charge in [0.05, 0.1) is 0 Å². The molecule has 0 N–H and O–H groups in total. The van der Waals surface area contributed by atoms with Crippen LogP contribution in [0.5, 0.6) is 0 Å². The van der Waals surface area contributed by atoms with Gasteiger partial charge in [0.15, 0.2) is 0 Å². The molecule has 32 heavy (non-hydrogen) atoms. The maximum absolute atomic E-state index is 2.54. The molecule has 1 aliphatic heterocycles. The fourth-order valence-corrected chi connectivity index (χ4v) is 5.11. The van der Waals surface area contributed by atoms with Crippen LogP contribution in [-0.4, -0.2) is 5.54 Å². The van der Waals surface area contributed by atoms with Gasteiger partial charge in [0.1, 0.15) is 0 Å². The van der Waals surface area contributed by atoms with Crippen molar-refractivity contribution in [3.05, 3.63) is 108 Å². The van der Waals surface area contributed by atoms with Gasteiger partial charge in [-0.1, -0.05) is 98.8 Å². The molecule has 0 atom stereocenters. The molecule has 1 heteroatoms. The summed E-state index contributed by atoms with van der Waals surface area (Å²) in [5, 5.41) is 0. The molecule has 0 unspecified atom stereocenters. The Hall–Kier alpha value is -3.32. The van der Waals surface area contributed by atoms with Crippen LogP contribution in [0.1, 0.15) is 45.7 Å². The highest BCUT2D eigenvalue weighted by atomic mass is 15.2. The lowest BCUT2D eigenvalue weighted by atomic mass is 9.72. The summed E-state index contributed by atoms with van der Waals surface area (Å²) in [7, 11) is 0. The van der Waals surface area contributed by atoms with E-state index in [1.54, 1.807) is 0 Å². The van der Waals surface area contributed by atoms with Crippen molar-refractivity contribution >= 4 is 11.4 Å². The van der Waals surface area contributed by atoms with Gasteiger partial charge in [-0.2, -0.15) is 0 Å². The third kappa shape index (κ3) is 3.33. The van der Waals surface area contributed by atoms with E-state index in [2.05, 4.69) is 137 Å². The maximum Gasteiger partial charge on any atom is 0.0463 e. The summed E-state index contributed by atoms with van der Waals surface area (Å²) < 4.78 is 0. The lowest BCUT2D eigenvalue weighted by Gasteiger charge is -2.48. The zero-order valence-corrected chi connectivity index (χ0v) is 19.7. The van der Waals surface area contributed by atoms with Crippen molar-refractivity contribution in [1.82, 2.24) is 0 Å². The molecule has 160 valence electrons. The Labute approximate surface area is 192 Å². The van der Waals surface area contributed by atoms with Gasteiger partial charge in [-0.25, -0.2) is 0 Å². The normalized spacial score (nSPS) is 14.6. The van der Waals surface area contributed by atoms with Gasteiger partial charge in [-0.3, -0.25) is 0 Å². The van der Waals surface area contributed by atoms with Crippen LogP contribution in [-0.2, 0) is 5.41 Å². The molecule has 0 spiro atoms. The SMILES string of the molecule is CC1(C)c2ccc(-c3ccccc3)cc2N(C(C)(C)C)c2cc(-c3ccccc3)ccc21. The van der Waals surface area contributed by atoms with Gasteiger partial charge in [-0.15, -0.1) is 0 Å². The molecule has 1 nitrogen and oxygen atoms in total. The molecule has 1 heterocycles. The third-order valence-corrected chi connectivity index (χ3v) is 6.71. The lowest BCUT2D eigenvalue weighted by molar-refractivity contribution is 0.530. The van der Waals surface area contributed by atoms with Crippen molar-refractivity contribution in [3.63, 3.8) is 0 Å². The monoisotopic (exact) mass is 417 g/mol. The summed E-state index contributed by atoms with van der Waals surface area (Å²) in [6.07, 6.45) is 0. The average molecular weight is 418 g/mol. The number of nitrogens with zero attached hydrogens (tertiary/aromatic N) is 1. The van der Waals surface area contributed by atoms with Crippen molar-refractivity contribution in [1.29, 1.82) is 0 Å². The predicted octanol–water partition coefficient (Wildman–Crippen LogP) is 8.60. The van der Waals surface area contributed by atoms with Gasteiger partial charge in [-0.05, 0) is 66.3 Å². The van der Waals surface area contributed by atoms with Crippen LogP contribution in [0.2, 0.25) is 0 Å². The summed E-state index contributed by atoms with van der Waals surface area (Å²) in [4.78, 5) is 2.54. The first-order chi connectivity index (χ1) is 15.3. The number of hydrogen-bond donors (Lipinski definition) is 0. The van der Waals surface area contributed by atoms with E-state index in [4.69, 9.17) is 0 Å². The highest BCUT2D eigenvalue weighted by molar-refractivity contribution is 5.85. The van der Waals surface area contributed by atoms with E-state index in [9.17, 15) is 0 Å². The first kappa shape index (κ1) is 20.6. The number of rotatable bonds is 2. The standard InChI is InChI=1S/C31H31N/c1-30(2,3)32-28-20-24(22-12-8-6-9-13-22)16-18-26(28)31(4,5)27-19-17-25(21-29(27)32)23-14-10-7-11-15-23/h6-21H,1-5H3. The van der Waals surface area contributed by atoms with Crippen molar-refractivity contribution in [3.8, 4) is 22.3 Å². The van der Waals surface area contributed by atoms with Crippen LogP contribution in [0.4, 0.5) is 11.4 Å². The number of fused-ring (bicyclic) bond motifs is 2. The summed E-state index contributed by atoms with van der Waals surface area (Å²) in [5.41, 5.74) is 10.3. The Kier molecular flexibility index (Phi) is 4.74. The molecular weight excluding hydrogens is 386 g/mol. The highest BCUT2D eigenvalue weighted by Gasteiger charge is 2.40. The van der Waals surface area contributed by atoms with E-state index in [1.807, 2.05) is 0 Å². The minimum absolute atomic E-state index is 0.0649. The van der Waals surface area contributed by atoms with Gasteiger partial charge in [0.2, 0.25) is 0 Å². The third-order valence-electron chi connectivity index (χ3n) is 6.71. The minimum Gasteiger partial charge on any atom is -0.336 e. The van der Waals surface area contributed by atoms with Gasteiger partial charge in [0, 0.05) is 22.3 Å². The second-order valence-corrected chi connectivity index (χ2v) is 10.3. The summed E-state index contributed by atoms with van der Waals surface area (Å²) in [6, 6.07) is 35.4. The van der Waals surface area contributed by atoms with E-state index in [0.29, 0.717) is 0 Å². The summed E-state index contributed by atoms with van der Waals surface area (Å²) in [6.45, 7) is 11.6. The van der Waals surface area contributed by atoms with Crippen LogP contribution in [0, 0.1) is 0 Å². The molecule has 1 aliphatic rings. The molecule has 0 saturated heterocycles. The molecule has 0 fully saturated rings. The molecule has 4 aromatic carbocycles. The molecule has 0 saturated carbocycles. The van der Waals surface area contributed by atoms with E-state index < -0.39 is 0 Å². The number of hydrogen-bond acceptors (Lipinski definition) is 1. The predicted molar refractivity (Wildman–Crippen MR) is 138 cm³/mol. The van der Waals surface area contributed by atoms with Crippen molar-refractivity contribution < 1.29 is 0 Å². The first-order valence-corrected chi connectivity index (χ1v) is 11.5. The van der Waals surface area contributed by atoms with Crippen molar-refractivity contribution in [2.24, 2.45) is 0 Å². The van der Waals surface area contributed by atoms with Crippen molar-refractivity contribution in [2.75, 3.05) is 4.90 Å². The lowest BCUT2D eigenvalue weighted by Crippen LogP contribution is -2.43. The molecule has 0 aliphatic carbocycles. The van der Waals surface area contributed by atoms with Gasteiger partial charge in [0.25, 0.3) is 0 Å². The quantitative estimate of drug-likeness (QED) is 0.315. The molecule has 0 amide bonds. The fraction of sp³-hybridized carbons (Fsp3) is 0.226. The Balaban J connectivity index is 1.75. The number of benzene rings is 4. The topological polar surface area (TPSA) is 3.24 Å². The summed E-state index contributed by atoms with van der Waals surface area (Å²) >= 11 is 0. The largest absolute Gasteiger partial charge is 0.336 e. The zero-order chi connectivity index (χ0) is 22.5. The van der Waals surface area contributed by atoms with Crippen LogP contribution >= 0.6 is 0 Å². The Morgan fingerprint density at radius 1 is 0.531 bits per heavy atom. The second kappa shape index (κ2) is 7.38. The molecule has 0 radical (unpaired) electrons. The summed E-state index contributed by atoms with van der Waals surface area (Å²) in [5.74, 6) is 0. The Morgan fingerprint density at radius 2 is 0.938 bits per heavy atom. The Morgan fingerprint density at radius 3 is 1.31 bits per heavy atom. The Bertz CT molecular complexity index is 1170. The van der Waals surface area contributed by atoms with Crippen LogP contribution < -0.4 is 4.90 Å². The van der Waals surface area contributed by atoms with Crippen LogP contribution in [0.15, 0.2) is 97.1 Å². The van der Waals surface area contributed by atoms with Crippen molar-refractivity contribution in [2.45, 2.75) is 45.6 Å². The molecule has 5 rings (SSSR count). The zero-order valence-electron chi connectivity index (χ0n) is 19.7. The van der Waals surface area contributed by atoms with Gasteiger partial charge >= 0.3 is 0 Å². The van der Waals surface area contributed by atoms with E-state index in [-0.39, 0.29) is 11.0 Å². The fourth-order valence-electron chi connectivity index (χ4n) is 5.11. The van der Waals surface area contributed by atoms with E-state index in [0.717, 1.165) is 0 Å². The first-order valence-electron chi connectivity index (χ1n) is 11.5.